The third kappa shape index (κ3) is 2.96. The minimum Gasteiger partial charge on any atom is -0.424 e. The van der Waals surface area contributed by atoms with Crippen molar-refractivity contribution >= 4 is 0 Å². The van der Waals surface area contributed by atoms with Crippen LogP contribution in [0, 0.1) is 6.92 Å². The zero-order chi connectivity index (χ0) is 13.0. The fourth-order valence-corrected chi connectivity index (χ4v) is 1.80. The lowest BCUT2D eigenvalue weighted by Crippen LogP contribution is -2.12. The number of hydrogen-bond acceptors (Lipinski definition) is 4. The Morgan fingerprint density at radius 3 is 2.72 bits per heavy atom. The van der Waals surface area contributed by atoms with Crippen LogP contribution >= 0.6 is 0 Å². The van der Waals surface area contributed by atoms with Gasteiger partial charge in [-0.05, 0) is 38.4 Å². The summed E-state index contributed by atoms with van der Waals surface area (Å²) in [6.45, 7) is 4.12. The molecule has 1 aromatic heterocycles. The quantitative estimate of drug-likeness (QED) is 0.879. The first-order chi connectivity index (χ1) is 8.70. The van der Waals surface area contributed by atoms with Crippen LogP contribution in [-0.2, 0) is 12.8 Å². The minimum atomic E-state index is 0.102. The maximum absolute atomic E-state index is 5.61. The van der Waals surface area contributed by atoms with Gasteiger partial charge in [0.2, 0.25) is 11.8 Å². The van der Waals surface area contributed by atoms with Gasteiger partial charge in [-0.3, -0.25) is 0 Å². The average molecular weight is 245 g/mol. The third-order valence-corrected chi connectivity index (χ3v) is 3.16. The maximum Gasteiger partial charge on any atom is 0.233 e. The van der Waals surface area contributed by atoms with Crippen molar-refractivity contribution in [3.05, 3.63) is 47.2 Å². The molecule has 0 aliphatic carbocycles. The van der Waals surface area contributed by atoms with Gasteiger partial charge in [0, 0.05) is 6.42 Å². The highest BCUT2D eigenvalue weighted by atomic mass is 16.4. The van der Waals surface area contributed by atoms with Gasteiger partial charge < -0.3 is 9.73 Å². The molecule has 0 saturated heterocycles. The van der Waals surface area contributed by atoms with Gasteiger partial charge in [0.1, 0.15) is 0 Å². The van der Waals surface area contributed by atoms with Crippen molar-refractivity contribution in [2.45, 2.75) is 32.7 Å². The number of benzene rings is 1. The predicted octanol–water partition coefficient (Wildman–Crippen LogP) is 2.44. The van der Waals surface area contributed by atoms with Gasteiger partial charge in [-0.25, -0.2) is 0 Å². The zero-order valence-corrected chi connectivity index (χ0v) is 11.1. The van der Waals surface area contributed by atoms with Crippen LogP contribution in [-0.4, -0.2) is 17.2 Å². The molecule has 0 fully saturated rings. The summed E-state index contributed by atoms with van der Waals surface area (Å²) in [5.41, 5.74) is 2.64. The molecular weight excluding hydrogens is 226 g/mol. The molecule has 96 valence electrons. The number of nitrogens with one attached hydrogen (secondary N) is 1. The second-order valence-electron chi connectivity index (χ2n) is 4.47. The summed E-state index contributed by atoms with van der Waals surface area (Å²) in [5, 5.41) is 11.2. The first kappa shape index (κ1) is 12.8. The molecule has 0 aliphatic rings. The van der Waals surface area contributed by atoms with Crippen molar-refractivity contribution in [1.29, 1.82) is 0 Å². The van der Waals surface area contributed by atoms with Crippen LogP contribution in [0.1, 0.15) is 35.9 Å². The van der Waals surface area contributed by atoms with Gasteiger partial charge in [0.25, 0.3) is 0 Å². The largest absolute Gasteiger partial charge is 0.424 e. The van der Waals surface area contributed by atoms with Crippen molar-refractivity contribution < 1.29 is 4.42 Å². The Hall–Kier alpha value is -1.68. The van der Waals surface area contributed by atoms with Gasteiger partial charge in [0.05, 0.1) is 6.04 Å². The predicted molar refractivity (Wildman–Crippen MR) is 70.4 cm³/mol. The van der Waals surface area contributed by atoms with Crippen LogP contribution in [0.25, 0.3) is 0 Å². The molecule has 1 atom stereocenters. The van der Waals surface area contributed by atoms with Crippen LogP contribution in [0.5, 0.6) is 0 Å². The molecule has 18 heavy (non-hydrogen) atoms. The highest BCUT2D eigenvalue weighted by Gasteiger charge is 2.11. The number of aromatic nitrogens is 2. The Labute approximate surface area is 107 Å². The first-order valence-corrected chi connectivity index (χ1v) is 6.24. The summed E-state index contributed by atoms with van der Waals surface area (Å²) >= 11 is 0. The van der Waals surface area contributed by atoms with Gasteiger partial charge in [-0.1, -0.05) is 24.3 Å². The highest BCUT2D eigenvalue weighted by molar-refractivity contribution is 5.25. The van der Waals surface area contributed by atoms with E-state index in [1.165, 1.54) is 11.1 Å². The van der Waals surface area contributed by atoms with Crippen molar-refractivity contribution in [3.8, 4) is 0 Å². The van der Waals surface area contributed by atoms with E-state index in [0.29, 0.717) is 11.8 Å². The van der Waals surface area contributed by atoms with E-state index in [9.17, 15) is 0 Å². The summed E-state index contributed by atoms with van der Waals surface area (Å²) in [5.74, 6) is 1.35. The topological polar surface area (TPSA) is 51.0 Å². The second-order valence-corrected chi connectivity index (χ2v) is 4.47. The monoisotopic (exact) mass is 245 g/mol. The van der Waals surface area contributed by atoms with Crippen LogP contribution in [0.3, 0.4) is 0 Å². The molecule has 1 aromatic carbocycles. The molecule has 0 spiro atoms. The summed E-state index contributed by atoms with van der Waals surface area (Å²) in [6, 6.07) is 8.48. The Balaban J connectivity index is 1.98. The Morgan fingerprint density at radius 1 is 1.22 bits per heavy atom. The summed E-state index contributed by atoms with van der Waals surface area (Å²) in [6.07, 6.45) is 1.72. The number of hydrogen-bond donors (Lipinski definition) is 1. The molecule has 4 heteroatoms. The van der Waals surface area contributed by atoms with E-state index in [1.807, 2.05) is 14.0 Å². The maximum atomic E-state index is 5.61. The lowest BCUT2D eigenvalue weighted by Gasteiger charge is -2.03. The van der Waals surface area contributed by atoms with Crippen LogP contribution in [0.2, 0.25) is 0 Å². The van der Waals surface area contributed by atoms with E-state index in [0.717, 1.165) is 12.8 Å². The molecule has 2 aromatic rings. The van der Waals surface area contributed by atoms with Crippen LogP contribution < -0.4 is 5.32 Å². The molecule has 1 unspecified atom stereocenters. The highest BCUT2D eigenvalue weighted by Crippen LogP contribution is 2.13. The molecule has 4 nitrogen and oxygen atoms in total. The number of nitrogens with zero attached hydrogens (tertiary/aromatic N) is 2. The Bertz CT molecular complexity index is 507. The van der Waals surface area contributed by atoms with Crippen molar-refractivity contribution in [1.82, 2.24) is 15.5 Å². The van der Waals surface area contributed by atoms with Gasteiger partial charge in [-0.2, -0.15) is 0 Å². The van der Waals surface area contributed by atoms with Crippen molar-refractivity contribution in [2.24, 2.45) is 0 Å². The SMILES string of the molecule is CNC(C)c1nnc(CCc2ccccc2C)o1. The van der Waals surface area contributed by atoms with E-state index < -0.39 is 0 Å². The molecule has 0 saturated carbocycles. The first-order valence-electron chi connectivity index (χ1n) is 6.24. The fraction of sp³-hybridized carbons (Fsp3) is 0.429. The molecule has 0 bridgehead atoms. The molecule has 1 N–H and O–H groups in total. The Kier molecular flexibility index (Phi) is 4.10. The van der Waals surface area contributed by atoms with Gasteiger partial charge in [0.15, 0.2) is 0 Å². The lowest BCUT2D eigenvalue weighted by atomic mass is 10.0. The molecule has 0 radical (unpaired) electrons. The van der Waals surface area contributed by atoms with Crippen molar-refractivity contribution in [3.63, 3.8) is 0 Å². The van der Waals surface area contributed by atoms with Crippen LogP contribution in [0.15, 0.2) is 28.7 Å². The lowest BCUT2D eigenvalue weighted by molar-refractivity contribution is 0.405. The van der Waals surface area contributed by atoms with Gasteiger partial charge >= 0.3 is 0 Å². The second kappa shape index (κ2) is 5.78. The van der Waals surface area contributed by atoms with Gasteiger partial charge in [-0.15, -0.1) is 10.2 Å². The molecule has 2 rings (SSSR count). The summed E-state index contributed by atoms with van der Waals surface area (Å²) in [7, 11) is 1.88. The van der Waals surface area contributed by atoms with E-state index in [-0.39, 0.29) is 6.04 Å². The average Bonchev–Trinajstić information content (AvgIpc) is 2.86. The van der Waals surface area contributed by atoms with E-state index in [4.69, 9.17) is 4.42 Å². The summed E-state index contributed by atoms with van der Waals surface area (Å²) < 4.78 is 5.61. The van der Waals surface area contributed by atoms with Crippen molar-refractivity contribution in [2.75, 3.05) is 7.05 Å². The van der Waals surface area contributed by atoms with Crippen LogP contribution in [0.4, 0.5) is 0 Å². The molecular formula is C14H19N3O. The standard InChI is InChI=1S/C14H19N3O/c1-10-6-4-5-7-12(10)8-9-13-16-17-14(18-13)11(2)15-3/h4-7,11,15H,8-9H2,1-3H3. The van der Waals surface area contributed by atoms with E-state index in [2.05, 4.69) is 46.7 Å². The smallest absolute Gasteiger partial charge is 0.233 e. The molecule has 1 heterocycles. The number of aryl methyl sites for hydroxylation is 3. The summed E-state index contributed by atoms with van der Waals surface area (Å²) in [4.78, 5) is 0. The zero-order valence-electron chi connectivity index (χ0n) is 11.1. The molecule has 0 aliphatic heterocycles. The Morgan fingerprint density at radius 2 is 2.00 bits per heavy atom. The van der Waals surface area contributed by atoms with E-state index >= 15 is 0 Å². The van der Waals surface area contributed by atoms with E-state index in [1.54, 1.807) is 0 Å². The fourth-order valence-electron chi connectivity index (χ4n) is 1.80. The molecule has 0 amide bonds. The minimum absolute atomic E-state index is 0.102. The normalized spacial score (nSPS) is 12.6. The third-order valence-electron chi connectivity index (χ3n) is 3.16. The number of rotatable bonds is 5.